The molecule has 1 rings (SSSR count). The highest BCUT2D eigenvalue weighted by atomic mass is 19.4. The van der Waals surface area contributed by atoms with E-state index in [0.29, 0.717) is 12.1 Å². The molecule has 0 fully saturated rings. The SMILES string of the molecule is COC(=O)CC(O)C(O)c1cc(OC(F)(F)F)cc(C(=O)O)c1. The molecule has 0 aromatic heterocycles. The smallest absolute Gasteiger partial charge is 0.478 e. The van der Waals surface area contributed by atoms with Crippen LogP contribution in [0.4, 0.5) is 13.2 Å². The topological polar surface area (TPSA) is 113 Å². The molecule has 1 aromatic carbocycles. The lowest BCUT2D eigenvalue weighted by Gasteiger charge is -2.19. The second-order valence-electron chi connectivity index (χ2n) is 4.44. The first-order chi connectivity index (χ1) is 10.5. The largest absolute Gasteiger partial charge is 0.573 e. The van der Waals surface area contributed by atoms with E-state index in [1.165, 1.54) is 0 Å². The van der Waals surface area contributed by atoms with Crippen LogP contribution < -0.4 is 4.74 Å². The molecule has 0 aliphatic heterocycles. The van der Waals surface area contributed by atoms with Gasteiger partial charge in [-0.2, -0.15) is 0 Å². The first-order valence-corrected chi connectivity index (χ1v) is 6.10. The summed E-state index contributed by atoms with van der Waals surface area (Å²) in [4.78, 5) is 22.0. The van der Waals surface area contributed by atoms with Gasteiger partial charge in [-0.05, 0) is 23.8 Å². The number of hydrogen-bond donors (Lipinski definition) is 3. The average Bonchev–Trinajstić information content (AvgIpc) is 2.43. The van der Waals surface area contributed by atoms with Crippen molar-refractivity contribution in [3.63, 3.8) is 0 Å². The van der Waals surface area contributed by atoms with Gasteiger partial charge >= 0.3 is 18.3 Å². The Labute approximate surface area is 127 Å². The first-order valence-electron chi connectivity index (χ1n) is 6.10. The van der Waals surface area contributed by atoms with E-state index < -0.39 is 48.2 Å². The van der Waals surface area contributed by atoms with Gasteiger partial charge in [-0.1, -0.05) is 0 Å². The van der Waals surface area contributed by atoms with E-state index in [1.807, 2.05) is 0 Å². The second kappa shape index (κ2) is 7.29. The minimum atomic E-state index is -5.07. The third kappa shape index (κ3) is 5.75. The predicted octanol–water partition coefficient (Wildman–Crippen LogP) is 1.24. The van der Waals surface area contributed by atoms with Crippen LogP contribution in [-0.4, -0.2) is 46.8 Å². The lowest BCUT2D eigenvalue weighted by Crippen LogP contribution is -2.23. The van der Waals surface area contributed by atoms with Crippen molar-refractivity contribution in [2.75, 3.05) is 7.11 Å². The summed E-state index contributed by atoms with van der Waals surface area (Å²) < 4.78 is 44.6. The number of ether oxygens (including phenoxy) is 2. The van der Waals surface area contributed by atoms with E-state index in [4.69, 9.17) is 5.11 Å². The van der Waals surface area contributed by atoms with E-state index in [9.17, 15) is 33.0 Å². The fraction of sp³-hybridized carbons (Fsp3) is 0.385. The summed E-state index contributed by atoms with van der Waals surface area (Å²) in [6, 6.07) is 2.18. The Hall–Kier alpha value is -2.33. The van der Waals surface area contributed by atoms with Crippen LogP contribution in [0.5, 0.6) is 5.75 Å². The van der Waals surface area contributed by atoms with Crippen LogP contribution in [0.3, 0.4) is 0 Å². The fourth-order valence-electron chi connectivity index (χ4n) is 1.70. The van der Waals surface area contributed by atoms with Crippen molar-refractivity contribution < 1.29 is 47.6 Å². The summed E-state index contributed by atoms with van der Waals surface area (Å²) in [7, 11) is 1.04. The molecule has 3 N–H and O–H groups in total. The standard InChI is InChI=1S/C13H13F3O7/c1-22-10(18)5-9(17)11(19)6-2-7(12(20)21)4-8(3-6)23-13(14,15)16/h2-4,9,11,17,19H,5H2,1H3,(H,20,21). The number of esters is 1. The van der Waals surface area contributed by atoms with Crippen molar-refractivity contribution in [3.8, 4) is 5.75 Å². The Balaban J connectivity index is 3.13. The molecule has 0 saturated heterocycles. The third-order valence-corrected chi connectivity index (χ3v) is 2.72. The molecule has 0 spiro atoms. The fourth-order valence-corrected chi connectivity index (χ4v) is 1.70. The number of carboxylic acids is 1. The number of carbonyl (C=O) groups is 2. The van der Waals surface area contributed by atoms with Crippen LogP contribution in [0.15, 0.2) is 18.2 Å². The first kappa shape index (κ1) is 18.7. The molecule has 2 atom stereocenters. The van der Waals surface area contributed by atoms with Gasteiger partial charge in [-0.3, -0.25) is 4.79 Å². The van der Waals surface area contributed by atoms with Gasteiger partial charge in [0.25, 0.3) is 0 Å². The summed E-state index contributed by atoms with van der Waals surface area (Å²) in [6.45, 7) is 0. The van der Waals surface area contributed by atoms with E-state index in [1.54, 1.807) is 0 Å². The summed E-state index contributed by atoms with van der Waals surface area (Å²) in [5.41, 5.74) is -0.952. The van der Waals surface area contributed by atoms with Crippen molar-refractivity contribution in [1.29, 1.82) is 0 Å². The van der Waals surface area contributed by atoms with Gasteiger partial charge in [0.15, 0.2) is 0 Å². The van der Waals surface area contributed by atoms with Crippen molar-refractivity contribution in [2.24, 2.45) is 0 Å². The zero-order chi connectivity index (χ0) is 17.8. The minimum absolute atomic E-state index is 0.361. The Morgan fingerprint density at radius 2 is 1.83 bits per heavy atom. The predicted molar refractivity (Wildman–Crippen MR) is 67.7 cm³/mol. The summed E-state index contributed by atoms with van der Waals surface area (Å²) >= 11 is 0. The maximum absolute atomic E-state index is 12.2. The van der Waals surface area contributed by atoms with E-state index >= 15 is 0 Å². The molecule has 0 bridgehead atoms. The van der Waals surface area contributed by atoms with Crippen molar-refractivity contribution in [3.05, 3.63) is 29.3 Å². The quantitative estimate of drug-likeness (QED) is 0.669. The molecule has 0 aliphatic rings. The zero-order valence-electron chi connectivity index (χ0n) is 11.7. The van der Waals surface area contributed by atoms with Crippen molar-refractivity contribution in [2.45, 2.75) is 25.0 Å². The van der Waals surface area contributed by atoms with Gasteiger partial charge < -0.3 is 24.8 Å². The molecule has 7 nitrogen and oxygen atoms in total. The highest BCUT2D eigenvalue weighted by Gasteiger charge is 2.32. The Kier molecular flexibility index (Phi) is 5.93. The molecule has 0 radical (unpaired) electrons. The highest BCUT2D eigenvalue weighted by Crippen LogP contribution is 2.29. The van der Waals surface area contributed by atoms with Gasteiger partial charge in [0.2, 0.25) is 0 Å². The monoisotopic (exact) mass is 338 g/mol. The number of methoxy groups -OCH3 is 1. The van der Waals surface area contributed by atoms with Gasteiger partial charge in [0, 0.05) is 0 Å². The van der Waals surface area contributed by atoms with Gasteiger partial charge in [-0.25, -0.2) is 4.79 Å². The normalized spacial score (nSPS) is 14.0. The zero-order valence-corrected chi connectivity index (χ0v) is 11.7. The lowest BCUT2D eigenvalue weighted by atomic mass is 9.99. The molecule has 1 aromatic rings. The van der Waals surface area contributed by atoms with Gasteiger partial charge in [0.05, 0.1) is 25.2 Å². The molecule has 2 unspecified atom stereocenters. The number of aliphatic hydroxyl groups excluding tert-OH is 2. The second-order valence-corrected chi connectivity index (χ2v) is 4.44. The number of benzene rings is 1. The number of rotatable bonds is 6. The number of halogens is 3. The Morgan fingerprint density at radius 3 is 2.30 bits per heavy atom. The summed E-state index contributed by atoms with van der Waals surface area (Å²) in [6.07, 6.45) is -9.22. The van der Waals surface area contributed by atoms with Gasteiger partial charge in [0.1, 0.15) is 11.9 Å². The number of carboxylic acid groups (broad SMARTS) is 1. The number of aromatic carboxylic acids is 1. The molecule has 10 heteroatoms. The number of aliphatic hydroxyl groups is 2. The van der Waals surface area contributed by atoms with Crippen LogP contribution >= 0.6 is 0 Å². The van der Waals surface area contributed by atoms with Crippen molar-refractivity contribution in [1.82, 2.24) is 0 Å². The Bertz CT molecular complexity index is 585. The van der Waals surface area contributed by atoms with Crippen LogP contribution in [0.2, 0.25) is 0 Å². The van der Waals surface area contributed by atoms with Crippen LogP contribution in [0.1, 0.15) is 28.4 Å². The molecular formula is C13H13F3O7. The summed E-state index contributed by atoms with van der Waals surface area (Å²) in [5, 5.41) is 28.4. The molecule has 128 valence electrons. The number of hydrogen-bond acceptors (Lipinski definition) is 6. The van der Waals surface area contributed by atoms with Crippen LogP contribution in [0.25, 0.3) is 0 Å². The molecule has 0 saturated carbocycles. The third-order valence-electron chi connectivity index (χ3n) is 2.72. The Morgan fingerprint density at radius 1 is 1.22 bits per heavy atom. The maximum atomic E-state index is 12.2. The van der Waals surface area contributed by atoms with Crippen molar-refractivity contribution >= 4 is 11.9 Å². The van der Waals surface area contributed by atoms with E-state index in [0.717, 1.165) is 13.2 Å². The highest BCUT2D eigenvalue weighted by molar-refractivity contribution is 5.88. The van der Waals surface area contributed by atoms with E-state index in [2.05, 4.69) is 9.47 Å². The summed E-state index contributed by atoms with van der Waals surface area (Å²) in [5.74, 6) is -3.30. The average molecular weight is 338 g/mol. The van der Waals surface area contributed by atoms with E-state index in [-0.39, 0.29) is 5.56 Å². The molecule has 0 amide bonds. The minimum Gasteiger partial charge on any atom is -0.478 e. The molecular weight excluding hydrogens is 325 g/mol. The maximum Gasteiger partial charge on any atom is 0.573 e. The van der Waals surface area contributed by atoms with Crippen LogP contribution in [0, 0.1) is 0 Å². The lowest BCUT2D eigenvalue weighted by molar-refractivity contribution is -0.274. The van der Waals surface area contributed by atoms with Gasteiger partial charge in [-0.15, -0.1) is 13.2 Å². The molecule has 23 heavy (non-hydrogen) atoms. The number of carbonyl (C=O) groups excluding carboxylic acids is 1. The molecule has 0 heterocycles. The molecule has 0 aliphatic carbocycles. The number of alkyl halides is 3. The van der Waals surface area contributed by atoms with Crippen LogP contribution in [-0.2, 0) is 9.53 Å².